The fourth-order valence-electron chi connectivity index (χ4n) is 3.09. The molecule has 0 unspecified atom stereocenters. The summed E-state index contributed by atoms with van der Waals surface area (Å²) in [5.74, 6) is 0. The molecule has 160 valence electrons. The average Bonchev–Trinajstić information content (AvgIpc) is 3.17. The summed E-state index contributed by atoms with van der Waals surface area (Å²) >= 11 is 1.09. The summed E-state index contributed by atoms with van der Waals surface area (Å²) in [7, 11) is -3.82. The Morgan fingerprint density at radius 1 is 0.677 bits per heavy atom. The number of fused-ring (bicyclic) bond motifs is 1. The second-order valence-corrected chi connectivity index (χ2v) is 10.7. The number of hydrogen-bond donors (Lipinski definition) is 0. The van der Waals surface area contributed by atoms with Gasteiger partial charge in [0.25, 0.3) is 0 Å². The molecule has 3 aromatic carbocycles. The van der Waals surface area contributed by atoms with Crippen LogP contribution in [0.3, 0.4) is 0 Å². The first kappa shape index (κ1) is 21.6. The molecule has 1 heterocycles. The molecule has 4 aromatic rings. The van der Waals surface area contributed by atoms with Crippen molar-refractivity contribution in [2.45, 2.75) is 12.4 Å². The van der Waals surface area contributed by atoms with Crippen LogP contribution >= 0.6 is 18.5 Å². The van der Waals surface area contributed by atoms with Crippen molar-refractivity contribution in [3.63, 3.8) is 0 Å². The van der Waals surface area contributed by atoms with Crippen LogP contribution in [0.2, 0.25) is 0 Å². The van der Waals surface area contributed by atoms with E-state index in [4.69, 9.17) is 0 Å². The summed E-state index contributed by atoms with van der Waals surface area (Å²) in [5, 5.41) is 0.110. The number of halogens is 6. The molecule has 4 rings (SSSR count). The van der Waals surface area contributed by atoms with Crippen LogP contribution in [0.25, 0.3) is 10.2 Å². The lowest BCUT2D eigenvalue weighted by Crippen LogP contribution is -2.25. The van der Waals surface area contributed by atoms with E-state index in [9.17, 15) is 30.9 Å². The van der Waals surface area contributed by atoms with Crippen molar-refractivity contribution in [1.29, 1.82) is 0 Å². The number of alkyl halides is 6. The van der Waals surface area contributed by atoms with E-state index in [2.05, 4.69) is 4.98 Å². The van der Waals surface area contributed by atoms with E-state index >= 15 is 0 Å². The van der Waals surface area contributed by atoms with Gasteiger partial charge in [0.1, 0.15) is 0 Å². The van der Waals surface area contributed by atoms with Gasteiger partial charge in [-0.05, 0) is 36.4 Å². The molecule has 1 aromatic heterocycles. The summed E-state index contributed by atoms with van der Waals surface area (Å²) in [6.07, 6.45) is -9.15. The van der Waals surface area contributed by atoms with Gasteiger partial charge < -0.3 is 4.57 Å². The molecular weight excluding hydrogens is 459 g/mol. The van der Waals surface area contributed by atoms with Gasteiger partial charge in [-0.3, -0.25) is 0 Å². The zero-order valence-electron chi connectivity index (χ0n) is 15.4. The third-order valence-corrected chi connectivity index (χ3v) is 9.24. The molecule has 0 aliphatic carbocycles. The summed E-state index contributed by atoms with van der Waals surface area (Å²) < 4.78 is 93.0. The van der Waals surface area contributed by atoms with Crippen LogP contribution in [0.1, 0.15) is 11.1 Å². The minimum atomic E-state index is -4.58. The predicted octanol–water partition coefficient (Wildman–Crippen LogP) is 5.97. The fourth-order valence-corrected chi connectivity index (χ4v) is 7.36. The lowest BCUT2D eigenvalue weighted by Gasteiger charge is -2.18. The first-order valence-electron chi connectivity index (χ1n) is 8.81. The third-order valence-electron chi connectivity index (χ3n) is 4.67. The molecular formula is C21H12F6NOPS. The minimum absolute atomic E-state index is 0.0549. The Bertz CT molecular complexity index is 1180. The highest BCUT2D eigenvalue weighted by atomic mass is 32.1. The maximum absolute atomic E-state index is 14.3. The van der Waals surface area contributed by atoms with E-state index in [0.29, 0.717) is 10.2 Å². The van der Waals surface area contributed by atoms with Gasteiger partial charge in [-0.15, -0.1) is 11.3 Å². The first-order valence-corrected chi connectivity index (χ1v) is 11.3. The Kier molecular flexibility index (Phi) is 5.22. The van der Waals surface area contributed by atoms with Crippen LogP contribution in [0, 0.1) is 0 Å². The van der Waals surface area contributed by atoms with Crippen molar-refractivity contribution in [3.05, 3.63) is 83.9 Å². The molecule has 0 bridgehead atoms. The second kappa shape index (κ2) is 7.50. The highest BCUT2D eigenvalue weighted by Crippen LogP contribution is 2.45. The Morgan fingerprint density at radius 2 is 1.13 bits per heavy atom. The summed E-state index contributed by atoms with van der Waals surface area (Å²) in [4.78, 5) is 4.39. The van der Waals surface area contributed by atoms with E-state index in [1.165, 1.54) is 0 Å². The molecule has 0 saturated heterocycles. The quantitative estimate of drug-likeness (QED) is 0.272. The van der Waals surface area contributed by atoms with Gasteiger partial charge in [-0.1, -0.05) is 36.4 Å². The fraction of sp³-hybridized carbons (Fsp3) is 0.0952. The highest BCUT2D eigenvalue weighted by Gasteiger charge is 2.37. The standard InChI is InChI=1S/C21H12F6NOPS/c22-20(23,24)13-5-9-15(10-6-13)30(29,16-11-7-14(8-12-16)21(25,26)27)19-28-17-3-1-2-4-18(17)31-19/h1-12H. The molecule has 2 nitrogen and oxygen atoms in total. The number of benzene rings is 3. The van der Waals surface area contributed by atoms with Crippen molar-refractivity contribution >= 4 is 44.1 Å². The Morgan fingerprint density at radius 3 is 1.55 bits per heavy atom. The zero-order chi connectivity index (χ0) is 22.4. The summed E-state index contributed by atoms with van der Waals surface area (Å²) in [6.45, 7) is 0. The molecule has 0 saturated carbocycles. The molecule has 0 atom stereocenters. The average molecular weight is 471 g/mol. The van der Waals surface area contributed by atoms with Crippen molar-refractivity contribution in [1.82, 2.24) is 4.98 Å². The van der Waals surface area contributed by atoms with Crippen LogP contribution in [0.5, 0.6) is 0 Å². The SMILES string of the molecule is O=P(c1ccc(C(F)(F)F)cc1)(c1ccc(C(F)(F)F)cc1)c1nc2ccccc2s1. The van der Waals surface area contributed by atoms with Crippen LogP contribution in [0.4, 0.5) is 26.3 Å². The van der Waals surface area contributed by atoms with Gasteiger partial charge in [-0.25, -0.2) is 4.98 Å². The van der Waals surface area contributed by atoms with Crippen molar-refractivity contribution in [2.24, 2.45) is 0 Å². The van der Waals surface area contributed by atoms with E-state index in [1.807, 2.05) is 0 Å². The zero-order valence-corrected chi connectivity index (χ0v) is 17.1. The Hall–Kier alpha value is -2.64. The van der Waals surface area contributed by atoms with Crippen molar-refractivity contribution in [2.75, 3.05) is 0 Å². The van der Waals surface area contributed by atoms with E-state index < -0.39 is 30.6 Å². The molecule has 31 heavy (non-hydrogen) atoms. The van der Waals surface area contributed by atoms with Gasteiger partial charge in [0.2, 0.25) is 0 Å². The number of nitrogens with zero attached hydrogens (tertiary/aromatic N) is 1. The number of rotatable bonds is 3. The van der Waals surface area contributed by atoms with E-state index in [0.717, 1.165) is 59.9 Å². The van der Waals surface area contributed by atoms with Gasteiger partial charge >= 0.3 is 12.4 Å². The number of thiazole rings is 1. The summed E-state index contributed by atoms with van der Waals surface area (Å²) in [5.41, 5.74) is -1.29. The molecule has 0 amide bonds. The summed E-state index contributed by atoms with van der Waals surface area (Å²) in [6, 6.07) is 14.5. The monoisotopic (exact) mass is 471 g/mol. The van der Waals surface area contributed by atoms with Gasteiger partial charge in [0.05, 0.1) is 21.3 Å². The molecule has 0 aliphatic rings. The van der Waals surface area contributed by atoms with Gasteiger partial charge in [0.15, 0.2) is 11.9 Å². The topological polar surface area (TPSA) is 30.0 Å². The van der Waals surface area contributed by atoms with Crippen molar-refractivity contribution < 1.29 is 30.9 Å². The highest BCUT2D eigenvalue weighted by molar-refractivity contribution is 7.89. The van der Waals surface area contributed by atoms with Crippen molar-refractivity contribution in [3.8, 4) is 0 Å². The smallest absolute Gasteiger partial charge is 0.306 e. The van der Waals surface area contributed by atoms with Crippen LogP contribution in [0.15, 0.2) is 72.8 Å². The van der Waals surface area contributed by atoms with Crippen LogP contribution in [-0.2, 0) is 16.9 Å². The Labute approximate surface area is 176 Å². The lowest BCUT2D eigenvalue weighted by atomic mass is 10.2. The number of para-hydroxylation sites is 1. The van der Waals surface area contributed by atoms with Crippen LogP contribution in [-0.4, -0.2) is 4.98 Å². The van der Waals surface area contributed by atoms with Gasteiger partial charge in [0, 0.05) is 10.6 Å². The normalized spacial score (nSPS) is 13.0. The third kappa shape index (κ3) is 4.00. The number of aromatic nitrogens is 1. The van der Waals surface area contributed by atoms with E-state index in [1.54, 1.807) is 24.3 Å². The Balaban J connectivity index is 1.91. The molecule has 0 aliphatic heterocycles. The predicted molar refractivity (Wildman–Crippen MR) is 109 cm³/mol. The lowest BCUT2D eigenvalue weighted by molar-refractivity contribution is -0.138. The maximum Gasteiger partial charge on any atom is 0.416 e. The van der Waals surface area contributed by atoms with Crippen LogP contribution < -0.4 is 15.4 Å². The molecule has 0 N–H and O–H groups in total. The van der Waals surface area contributed by atoms with Gasteiger partial charge in [-0.2, -0.15) is 26.3 Å². The van der Waals surface area contributed by atoms with E-state index in [-0.39, 0.29) is 15.4 Å². The molecule has 0 spiro atoms. The second-order valence-electron chi connectivity index (χ2n) is 6.66. The molecule has 0 fully saturated rings. The number of hydrogen-bond acceptors (Lipinski definition) is 3. The minimum Gasteiger partial charge on any atom is -0.306 e. The first-order chi connectivity index (χ1) is 14.5. The maximum atomic E-state index is 14.3. The largest absolute Gasteiger partial charge is 0.416 e. The molecule has 0 radical (unpaired) electrons. The molecule has 10 heteroatoms.